The van der Waals surface area contributed by atoms with Gasteiger partial charge in [0.05, 0.1) is 34.9 Å². The lowest BCUT2D eigenvalue weighted by Gasteiger charge is -2.00. The van der Waals surface area contributed by atoms with Crippen molar-refractivity contribution in [3.05, 3.63) is 70.8 Å². The third-order valence-electron chi connectivity index (χ3n) is 5.93. The number of fused-ring (bicyclic) bond motifs is 8. The fraction of sp³-hybridized carbons (Fsp3) is 0.214. The van der Waals surface area contributed by atoms with E-state index in [1.54, 1.807) is 0 Å². The third-order valence-corrected chi connectivity index (χ3v) is 5.93. The maximum Gasteiger partial charge on any atom is 0.0690 e. The highest BCUT2D eigenvalue weighted by molar-refractivity contribution is 5.85. The summed E-state index contributed by atoms with van der Waals surface area (Å²) in [6, 6.07) is 18.9. The van der Waals surface area contributed by atoms with Gasteiger partial charge in [0, 0.05) is 34.9 Å². The van der Waals surface area contributed by atoms with Crippen LogP contribution in [0.2, 0.25) is 0 Å². The maximum atomic E-state index is 8.98. The largest absolute Gasteiger partial charge is 0.355 e. The van der Waals surface area contributed by atoms with Gasteiger partial charge in [0.2, 0.25) is 0 Å². The Morgan fingerprint density at radius 1 is 0.706 bits per heavy atom. The van der Waals surface area contributed by atoms with Crippen LogP contribution in [-0.4, -0.2) is 19.9 Å². The number of hydrogen-bond donors (Lipinski definition) is 2. The van der Waals surface area contributed by atoms with E-state index in [1.807, 2.05) is 42.5 Å². The average molecular weight is 445 g/mol. The number of unbranched alkanes of at least 4 members (excludes halogenated alkanes) is 2. The van der Waals surface area contributed by atoms with E-state index in [-0.39, 0.29) is 0 Å². The molecule has 0 aromatic carbocycles. The molecule has 0 aliphatic carbocycles. The number of nitrogens with one attached hydrogen (secondary N) is 2. The minimum atomic E-state index is 0.523. The summed E-state index contributed by atoms with van der Waals surface area (Å²) < 4.78 is 0. The second-order valence-corrected chi connectivity index (χ2v) is 8.52. The molecule has 0 saturated carbocycles. The molecular weight excluding hydrogens is 420 g/mol. The summed E-state index contributed by atoms with van der Waals surface area (Å²) in [5.74, 6) is 0. The Labute approximate surface area is 198 Å². The van der Waals surface area contributed by atoms with E-state index in [0.29, 0.717) is 12.8 Å². The number of nitrogens with zero attached hydrogens (tertiary/aromatic N) is 4. The summed E-state index contributed by atoms with van der Waals surface area (Å²) in [5.41, 5.74) is 9.82. The molecule has 0 unspecified atom stereocenters. The van der Waals surface area contributed by atoms with Crippen LogP contribution in [0.25, 0.3) is 45.9 Å². The summed E-state index contributed by atoms with van der Waals surface area (Å²) in [6.45, 7) is 0. The Balaban J connectivity index is 1.72. The van der Waals surface area contributed by atoms with Crippen LogP contribution in [0.15, 0.2) is 42.5 Å². The minimum absolute atomic E-state index is 0.523. The first-order valence-corrected chi connectivity index (χ1v) is 11.5. The Bertz CT molecular complexity index is 1530. The summed E-state index contributed by atoms with van der Waals surface area (Å²) in [4.78, 5) is 16.6. The van der Waals surface area contributed by atoms with E-state index in [1.165, 1.54) is 0 Å². The standard InChI is InChI=1S/C28H24N6/c29-11-3-1-5-19-13-25-16-23-9-7-21(31-23)15-22-8-10-24(32-22)17-26-14-20(6-2-4-12-30)28(34-26)18-27(19)33-25/h7-10,13-18,31,34H,1-6H2. The molecule has 0 radical (unpaired) electrons. The number of rotatable bonds is 6. The van der Waals surface area contributed by atoms with Crippen molar-refractivity contribution in [2.24, 2.45) is 0 Å². The lowest BCUT2D eigenvalue weighted by molar-refractivity contribution is 0.856. The first-order chi connectivity index (χ1) is 16.7. The molecule has 0 fully saturated rings. The van der Waals surface area contributed by atoms with Crippen LogP contribution < -0.4 is 0 Å². The van der Waals surface area contributed by atoms with Crippen molar-refractivity contribution < 1.29 is 0 Å². The van der Waals surface area contributed by atoms with Crippen LogP contribution in [0.4, 0.5) is 0 Å². The zero-order valence-corrected chi connectivity index (χ0v) is 18.8. The quantitative estimate of drug-likeness (QED) is 0.328. The normalized spacial score (nSPS) is 12.2. The molecule has 3 aromatic rings. The van der Waals surface area contributed by atoms with E-state index in [4.69, 9.17) is 20.5 Å². The fourth-order valence-corrected chi connectivity index (χ4v) is 4.33. The van der Waals surface area contributed by atoms with Gasteiger partial charge in [-0.25, -0.2) is 9.97 Å². The van der Waals surface area contributed by atoms with E-state index < -0.39 is 0 Å². The van der Waals surface area contributed by atoms with Gasteiger partial charge in [-0.15, -0.1) is 0 Å². The predicted octanol–water partition coefficient (Wildman–Crippen LogP) is 6.57. The summed E-state index contributed by atoms with van der Waals surface area (Å²) in [5, 5.41) is 18.0. The monoisotopic (exact) mass is 444 g/mol. The van der Waals surface area contributed by atoms with Gasteiger partial charge in [0.15, 0.2) is 0 Å². The van der Waals surface area contributed by atoms with Crippen molar-refractivity contribution in [3.63, 3.8) is 0 Å². The number of aryl methyl sites for hydroxylation is 1. The van der Waals surface area contributed by atoms with Gasteiger partial charge in [0.25, 0.3) is 0 Å². The van der Waals surface area contributed by atoms with Crippen LogP contribution in [0.1, 0.15) is 60.4 Å². The van der Waals surface area contributed by atoms with E-state index in [9.17, 15) is 0 Å². The van der Waals surface area contributed by atoms with Crippen molar-refractivity contribution in [1.82, 2.24) is 19.9 Å². The lowest BCUT2D eigenvalue weighted by atomic mass is 10.0. The maximum absolute atomic E-state index is 8.98. The van der Waals surface area contributed by atoms with E-state index in [0.717, 1.165) is 81.7 Å². The molecule has 0 atom stereocenters. The van der Waals surface area contributed by atoms with Crippen LogP contribution in [-0.2, 0) is 6.42 Å². The number of H-pyrrole nitrogens is 2. The topological polar surface area (TPSA) is 105 Å². The first-order valence-electron chi connectivity index (χ1n) is 11.5. The molecule has 0 amide bonds. The predicted molar refractivity (Wildman–Crippen MR) is 136 cm³/mol. The third kappa shape index (κ3) is 4.82. The SMILES string of the molecule is N#CCCCC1=Cc2cc3ccc(cc4nc(cc5cc(CCCC#N)c(cc1n2)[nH]5)C=C4)[nH]3. The van der Waals surface area contributed by atoms with Gasteiger partial charge >= 0.3 is 0 Å². The molecule has 5 rings (SSSR count). The van der Waals surface area contributed by atoms with Crippen LogP contribution in [0, 0.1) is 22.7 Å². The highest BCUT2D eigenvalue weighted by atomic mass is 14.8. The molecule has 0 spiro atoms. The van der Waals surface area contributed by atoms with Crippen LogP contribution in [0.3, 0.4) is 0 Å². The van der Waals surface area contributed by atoms with Crippen molar-refractivity contribution in [2.75, 3.05) is 0 Å². The molecular formula is C28H24N6. The number of hydrogen-bond acceptors (Lipinski definition) is 4. The van der Waals surface area contributed by atoms with Gasteiger partial charge in [-0.05, 0) is 97.5 Å². The van der Waals surface area contributed by atoms with Gasteiger partial charge in [-0.3, -0.25) is 0 Å². The highest BCUT2D eigenvalue weighted by Gasteiger charge is 2.12. The van der Waals surface area contributed by atoms with Crippen molar-refractivity contribution in [2.45, 2.75) is 38.5 Å². The van der Waals surface area contributed by atoms with Gasteiger partial charge in [0.1, 0.15) is 0 Å². The number of nitriles is 2. The highest BCUT2D eigenvalue weighted by Crippen LogP contribution is 2.28. The fourth-order valence-electron chi connectivity index (χ4n) is 4.33. The average Bonchev–Trinajstić information content (AvgIpc) is 3.60. The Hall–Kier alpha value is -4.42. The summed E-state index contributed by atoms with van der Waals surface area (Å²) in [6.07, 6.45) is 10.4. The van der Waals surface area contributed by atoms with Crippen LogP contribution >= 0.6 is 0 Å². The molecule has 5 heterocycles. The summed E-state index contributed by atoms with van der Waals surface area (Å²) >= 11 is 0. The second kappa shape index (κ2) is 9.60. The molecule has 2 aliphatic heterocycles. The molecule has 6 heteroatoms. The van der Waals surface area contributed by atoms with Crippen molar-refractivity contribution >= 4 is 45.9 Å². The molecule has 0 saturated heterocycles. The van der Waals surface area contributed by atoms with E-state index >= 15 is 0 Å². The Kier molecular flexibility index (Phi) is 6.05. The summed E-state index contributed by atoms with van der Waals surface area (Å²) in [7, 11) is 0. The Morgan fingerprint density at radius 3 is 2.12 bits per heavy atom. The molecule has 8 bridgehead atoms. The van der Waals surface area contributed by atoms with E-state index in [2.05, 4.69) is 40.3 Å². The van der Waals surface area contributed by atoms with Gasteiger partial charge < -0.3 is 9.97 Å². The Morgan fingerprint density at radius 2 is 1.38 bits per heavy atom. The number of aromatic amines is 2. The van der Waals surface area contributed by atoms with Gasteiger partial charge in [-0.2, -0.15) is 10.5 Å². The molecule has 166 valence electrons. The van der Waals surface area contributed by atoms with Crippen molar-refractivity contribution in [3.8, 4) is 12.1 Å². The lowest BCUT2D eigenvalue weighted by Crippen LogP contribution is -1.86. The zero-order chi connectivity index (χ0) is 23.3. The molecule has 34 heavy (non-hydrogen) atoms. The first kappa shape index (κ1) is 21.4. The van der Waals surface area contributed by atoms with Crippen LogP contribution in [0.5, 0.6) is 0 Å². The molecule has 2 aliphatic rings. The zero-order valence-electron chi connectivity index (χ0n) is 18.8. The molecule has 2 N–H and O–H groups in total. The van der Waals surface area contributed by atoms with Crippen molar-refractivity contribution in [1.29, 1.82) is 10.5 Å². The minimum Gasteiger partial charge on any atom is -0.355 e. The van der Waals surface area contributed by atoms with Gasteiger partial charge in [-0.1, -0.05) is 0 Å². The second-order valence-electron chi connectivity index (χ2n) is 8.52. The molecule has 6 nitrogen and oxygen atoms in total. The smallest absolute Gasteiger partial charge is 0.0690 e. The molecule has 3 aromatic heterocycles. The number of aromatic nitrogens is 4. The number of allylic oxidation sites excluding steroid dienone is 1.